The molecular formula is C24H15BrINO4. The summed E-state index contributed by atoms with van der Waals surface area (Å²) < 4.78 is 12.7. The smallest absolute Gasteiger partial charge is 0.363 e. The Balaban J connectivity index is 1.50. The van der Waals surface area contributed by atoms with E-state index in [1.54, 1.807) is 42.5 Å². The van der Waals surface area contributed by atoms with Gasteiger partial charge >= 0.3 is 11.9 Å². The van der Waals surface area contributed by atoms with Crippen molar-refractivity contribution in [2.75, 3.05) is 0 Å². The molecule has 0 saturated carbocycles. The van der Waals surface area contributed by atoms with Crippen molar-refractivity contribution in [2.45, 2.75) is 6.92 Å². The highest BCUT2D eigenvalue weighted by Crippen LogP contribution is 2.25. The molecule has 0 atom stereocenters. The molecule has 1 aliphatic rings. The minimum Gasteiger partial charge on any atom is -0.423 e. The fourth-order valence-electron chi connectivity index (χ4n) is 2.92. The fraction of sp³-hybridized carbons (Fsp3) is 0.0417. The van der Waals surface area contributed by atoms with Gasteiger partial charge in [-0.1, -0.05) is 30.3 Å². The molecule has 0 fully saturated rings. The molecule has 3 aromatic carbocycles. The number of halogens is 2. The zero-order valence-electron chi connectivity index (χ0n) is 16.3. The Morgan fingerprint density at radius 3 is 2.55 bits per heavy atom. The average Bonchev–Trinajstić information content (AvgIpc) is 3.12. The zero-order chi connectivity index (χ0) is 22.0. The maximum absolute atomic E-state index is 12.3. The predicted molar refractivity (Wildman–Crippen MR) is 130 cm³/mol. The van der Waals surface area contributed by atoms with Crippen LogP contribution in [0.4, 0.5) is 0 Å². The summed E-state index contributed by atoms with van der Waals surface area (Å²) in [6, 6.07) is 19.7. The lowest BCUT2D eigenvalue weighted by Crippen LogP contribution is -2.09. The number of hydrogen-bond acceptors (Lipinski definition) is 5. The normalized spacial score (nSPS) is 14.4. The van der Waals surface area contributed by atoms with Crippen LogP contribution >= 0.6 is 38.5 Å². The zero-order valence-corrected chi connectivity index (χ0v) is 20.0. The Bertz CT molecular complexity index is 1250. The number of cyclic esters (lactones) is 1. The van der Waals surface area contributed by atoms with Gasteiger partial charge < -0.3 is 9.47 Å². The molecule has 4 rings (SSSR count). The molecule has 7 heteroatoms. The van der Waals surface area contributed by atoms with Gasteiger partial charge in [0.1, 0.15) is 5.75 Å². The first kappa shape index (κ1) is 21.5. The summed E-state index contributed by atoms with van der Waals surface area (Å²) in [6.45, 7) is 1.86. The van der Waals surface area contributed by atoms with E-state index in [4.69, 9.17) is 9.47 Å². The van der Waals surface area contributed by atoms with Gasteiger partial charge in [-0.2, -0.15) is 0 Å². The SMILES string of the molecule is Cc1ccccc1C(=O)Oc1ccc(/C=C2\N=C(c3ccc(I)c(Br)c3)OC2=O)cc1. The second kappa shape index (κ2) is 9.15. The fourth-order valence-corrected chi connectivity index (χ4v) is 3.63. The molecular weight excluding hydrogens is 573 g/mol. The molecule has 0 aromatic heterocycles. The van der Waals surface area contributed by atoms with E-state index < -0.39 is 11.9 Å². The molecule has 0 spiro atoms. The first-order valence-electron chi connectivity index (χ1n) is 9.26. The van der Waals surface area contributed by atoms with E-state index in [1.165, 1.54) is 0 Å². The summed E-state index contributed by atoms with van der Waals surface area (Å²) in [4.78, 5) is 28.9. The summed E-state index contributed by atoms with van der Waals surface area (Å²) in [5.74, 6) is -0.254. The van der Waals surface area contributed by atoms with E-state index in [0.29, 0.717) is 16.9 Å². The van der Waals surface area contributed by atoms with Gasteiger partial charge in [-0.05, 0) is 99.0 Å². The van der Waals surface area contributed by atoms with Crippen LogP contribution in [-0.4, -0.2) is 17.8 Å². The number of ether oxygens (including phenoxy) is 2. The highest BCUT2D eigenvalue weighted by atomic mass is 127. The molecule has 154 valence electrons. The van der Waals surface area contributed by atoms with Gasteiger partial charge in [-0.15, -0.1) is 0 Å². The lowest BCUT2D eigenvalue weighted by Gasteiger charge is -2.06. The molecule has 0 unspecified atom stereocenters. The first-order chi connectivity index (χ1) is 14.9. The summed E-state index contributed by atoms with van der Waals surface area (Å²) in [5, 5.41) is 0. The Hall–Kier alpha value is -2.78. The summed E-state index contributed by atoms with van der Waals surface area (Å²) in [5.41, 5.74) is 3.02. The maximum Gasteiger partial charge on any atom is 0.363 e. The second-order valence-corrected chi connectivity index (χ2v) is 8.75. The molecule has 0 amide bonds. The standard InChI is InChI=1S/C24H15BrINO4/c1-14-4-2-3-5-18(14)23(28)30-17-9-6-15(7-10-17)12-21-24(29)31-22(27-21)16-8-11-20(26)19(25)13-16/h2-13H,1H3/b21-12-. The topological polar surface area (TPSA) is 65.0 Å². The van der Waals surface area contributed by atoms with E-state index in [-0.39, 0.29) is 11.6 Å². The van der Waals surface area contributed by atoms with E-state index >= 15 is 0 Å². The molecule has 5 nitrogen and oxygen atoms in total. The largest absolute Gasteiger partial charge is 0.423 e. The summed E-state index contributed by atoms with van der Waals surface area (Å²) >= 11 is 5.67. The molecule has 0 bridgehead atoms. The van der Waals surface area contributed by atoms with E-state index in [9.17, 15) is 9.59 Å². The predicted octanol–water partition coefficient (Wildman–Crippen LogP) is 5.93. The molecule has 0 radical (unpaired) electrons. The molecule has 1 aliphatic heterocycles. The van der Waals surface area contributed by atoms with Crippen molar-refractivity contribution in [3.8, 4) is 5.75 Å². The van der Waals surface area contributed by atoms with Gasteiger partial charge in [0.05, 0.1) is 5.56 Å². The minimum absolute atomic E-state index is 0.203. The number of aryl methyl sites for hydroxylation is 1. The second-order valence-electron chi connectivity index (χ2n) is 6.74. The lowest BCUT2D eigenvalue weighted by atomic mass is 10.1. The van der Waals surface area contributed by atoms with Gasteiger partial charge in [0.25, 0.3) is 0 Å². The Labute approximate surface area is 201 Å². The monoisotopic (exact) mass is 587 g/mol. The van der Waals surface area contributed by atoms with E-state index in [1.807, 2.05) is 37.3 Å². The van der Waals surface area contributed by atoms with Crippen LogP contribution in [-0.2, 0) is 9.53 Å². The van der Waals surface area contributed by atoms with Gasteiger partial charge in [-0.3, -0.25) is 0 Å². The molecule has 3 aromatic rings. The van der Waals surface area contributed by atoms with Crippen LogP contribution < -0.4 is 4.74 Å². The highest BCUT2D eigenvalue weighted by Gasteiger charge is 2.24. The Morgan fingerprint density at radius 2 is 1.84 bits per heavy atom. The first-order valence-corrected chi connectivity index (χ1v) is 11.1. The minimum atomic E-state index is -0.514. The molecule has 0 saturated heterocycles. The number of nitrogens with zero attached hydrogens (tertiary/aromatic N) is 1. The van der Waals surface area contributed by atoms with Gasteiger partial charge in [-0.25, -0.2) is 14.6 Å². The van der Waals surface area contributed by atoms with Crippen molar-refractivity contribution in [3.05, 3.63) is 103 Å². The number of aliphatic imine (C=N–C) groups is 1. The maximum atomic E-state index is 12.3. The van der Waals surface area contributed by atoms with Gasteiger partial charge in [0.15, 0.2) is 5.70 Å². The molecule has 0 aliphatic carbocycles. The van der Waals surface area contributed by atoms with E-state index in [0.717, 1.165) is 19.2 Å². The van der Waals surface area contributed by atoms with Crippen LogP contribution in [0.1, 0.15) is 27.0 Å². The molecule has 31 heavy (non-hydrogen) atoms. The Kier molecular flexibility index (Phi) is 6.33. The van der Waals surface area contributed by atoms with Crippen LogP contribution in [0.25, 0.3) is 6.08 Å². The number of esters is 2. The van der Waals surface area contributed by atoms with Crippen LogP contribution in [0, 0.1) is 10.5 Å². The van der Waals surface area contributed by atoms with Crippen molar-refractivity contribution in [1.82, 2.24) is 0 Å². The summed E-state index contributed by atoms with van der Waals surface area (Å²) in [6.07, 6.45) is 1.63. The number of carbonyl (C=O) groups excluding carboxylic acids is 2. The highest BCUT2D eigenvalue weighted by molar-refractivity contribution is 14.1. The van der Waals surface area contributed by atoms with Crippen molar-refractivity contribution in [2.24, 2.45) is 4.99 Å². The number of carbonyl (C=O) groups is 2. The quantitative estimate of drug-likeness (QED) is 0.164. The molecule has 1 heterocycles. The van der Waals surface area contributed by atoms with E-state index in [2.05, 4.69) is 43.5 Å². The average molecular weight is 588 g/mol. The lowest BCUT2D eigenvalue weighted by molar-refractivity contribution is -0.129. The number of hydrogen-bond donors (Lipinski definition) is 0. The third kappa shape index (κ3) is 4.94. The number of benzene rings is 3. The van der Waals surface area contributed by atoms with Crippen LogP contribution in [0.3, 0.4) is 0 Å². The number of rotatable bonds is 4. The van der Waals surface area contributed by atoms with Crippen LogP contribution in [0.2, 0.25) is 0 Å². The van der Waals surface area contributed by atoms with Crippen molar-refractivity contribution in [3.63, 3.8) is 0 Å². The van der Waals surface area contributed by atoms with Gasteiger partial charge in [0, 0.05) is 13.6 Å². The summed E-state index contributed by atoms with van der Waals surface area (Å²) in [7, 11) is 0. The third-order valence-corrected chi connectivity index (χ3v) is 6.88. The third-order valence-electron chi connectivity index (χ3n) is 4.55. The van der Waals surface area contributed by atoms with Gasteiger partial charge in [0.2, 0.25) is 5.90 Å². The van der Waals surface area contributed by atoms with Crippen LogP contribution in [0.15, 0.2) is 81.9 Å². The van der Waals surface area contributed by atoms with Crippen LogP contribution in [0.5, 0.6) is 5.75 Å². The van der Waals surface area contributed by atoms with Crippen molar-refractivity contribution >= 4 is 62.4 Å². The van der Waals surface area contributed by atoms with Crippen molar-refractivity contribution in [1.29, 1.82) is 0 Å². The Morgan fingerprint density at radius 1 is 1.10 bits per heavy atom. The van der Waals surface area contributed by atoms with Crippen molar-refractivity contribution < 1.29 is 19.1 Å². The molecule has 0 N–H and O–H groups in total.